The fourth-order valence-electron chi connectivity index (χ4n) is 2.24. The second kappa shape index (κ2) is 6.27. The van der Waals surface area contributed by atoms with Crippen LogP contribution in [-0.2, 0) is 24.3 Å². The molecule has 0 radical (unpaired) electrons. The maximum Gasteiger partial charge on any atom is 0.223 e. The summed E-state index contributed by atoms with van der Waals surface area (Å²) < 4.78 is 2.08. The van der Waals surface area contributed by atoms with Crippen molar-refractivity contribution < 1.29 is 4.79 Å². The molecule has 0 spiro atoms. The van der Waals surface area contributed by atoms with Gasteiger partial charge in [-0.25, -0.2) is 0 Å². The molecule has 1 N–H and O–H groups in total. The van der Waals surface area contributed by atoms with Crippen molar-refractivity contribution in [2.75, 3.05) is 12.0 Å². The first-order chi connectivity index (χ1) is 8.70. The van der Waals surface area contributed by atoms with Crippen molar-refractivity contribution >= 4 is 17.7 Å². The van der Waals surface area contributed by atoms with Crippen LogP contribution >= 0.6 is 11.8 Å². The third-order valence-corrected chi connectivity index (χ3v) is 4.11. The van der Waals surface area contributed by atoms with Gasteiger partial charge in [-0.1, -0.05) is 6.92 Å². The first-order valence-corrected chi connectivity index (χ1v) is 7.92. The van der Waals surface area contributed by atoms with Crippen LogP contribution in [0.15, 0.2) is 6.07 Å². The summed E-state index contributed by atoms with van der Waals surface area (Å²) in [6.45, 7) is 3.54. The SMILES string of the molecule is CSCC(C)C(=O)NCc1cc2n(n1)CCCC2. The van der Waals surface area contributed by atoms with E-state index >= 15 is 0 Å². The summed E-state index contributed by atoms with van der Waals surface area (Å²) in [5.41, 5.74) is 2.29. The molecular formula is C13H21N3OS. The minimum atomic E-state index is 0.0669. The zero-order chi connectivity index (χ0) is 13.0. The van der Waals surface area contributed by atoms with Crippen molar-refractivity contribution in [3.63, 3.8) is 0 Å². The molecule has 1 amide bonds. The highest BCUT2D eigenvalue weighted by Gasteiger charge is 2.14. The molecule has 1 aliphatic rings. The predicted octanol–water partition coefficient (Wildman–Crippen LogP) is 1.83. The molecular weight excluding hydrogens is 246 g/mol. The molecule has 0 saturated carbocycles. The summed E-state index contributed by atoms with van der Waals surface area (Å²) in [6, 6.07) is 2.12. The number of carbonyl (C=O) groups is 1. The fraction of sp³-hybridized carbons (Fsp3) is 0.692. The standard InChI is InChI=1S/C13H21N3OS/c1-10(9-18-2)13(17)14-8-11-7-12-5-3-4-6-16(12)15-11/h7,10H,3-6,8-9H2,1-2H3,(H,14,17). The van der Waals surface area contributed by atoms with Gasteiger partial charge in [0.1, 0.15) is 0 Å². The highest BCUT2D eigenvalue weighted by Crippen LogP contribution is 2.15. The number of nitrogens with zero attached hydrogens (tertiary/aromatic N) is 2. The number of aromatic nitrogens is 2. The lowest BCUT2D eigenvalue weighted by atomic mass is 10.1. The van der Waals surface area contributed by atoms with E-state index in [0.29, 0.717) is 6.54 Å². The molecule has 1 unspecified atom stereocenters. The van der Waals surface area contributed by atoms with Crippen LogP contribution < -0.4 is 5.32 Å². The Hall–Kier alpha value is -0.970. The molecule has 100 valence electrons. The summed E-state index contributed by atoms with van der Waals surface area (Å²) in [5, 5.41) is 7.49. The van der Waals surface area contributed by atoms with Gasteiger partial charge in [0.05, 0.1) is 12.2 Å². The zero-order valence-electron chi connectivity index (χ0n) is 11.1. The zero-order valence-corrected chi connectivity index (χ0v) is 11.9. The van der Waals surface area contributed by atoms with Gasteiger partial charge < -0.3 is 5.32 Å². The van der Waals surface area contributed by atoms with Crippen molar-refractivity contribution in [2.24, 2.45) is 5.92 Å². The van der Waals surface area contributed by atoms with Crippen molar-refractivity contribution in [3.05, 3.63) is 17.5 Å². The Morgan fingerprint density at radius 3 is 3.17 bits per heavy atom. The lowest BCUT2D eigenvalue weighted by Crippen LogP contribution is -2.30. The van der Waals surface area contributed by atoms with Gasteiger partial charge in [0.25, 0.3) is 0 Å². The van der Waals surface area contributed by atoms with Gasteiger partial charge in [0.2, 0.25) is 5.91 Å². The lowest BCUT2D eigenvalue weighted by molar-refractivity contribution is -0.124. The van der Waals surface area contributed by atoms with E-state index < -0.39 is 0 Å². The molecule has 4 nitrogen and oxygen atoms in total. The van der Waals surface area contributed by atoms with Crippen molar-refractivity contribution in [2.45, 2.75) is 39.3 Å². The van der Waals surface area contributed by atoms with Crippen molar-refractivity contribution in [3.8, 4) is 0 Å². The minimum Gasteiger partial charge on any atom is -0.350 e. The van der Waals surface area contributed by atoms with Gasteiger partial charge in [-0.2, -0.15) is 16.9 Å². The Morgan fingerprint density at radius 2 is 2.44 bits per heavy atom. The fourth-order valence-corrected chi connectivity index (χ4v) is 2.89. The largest absolute Gasteiger partial charge is 0.350 e. The number of hydrogen-bond donors (Lipinski definition) is 1. The number of nitrogens with one attached hydrogen (secondary N) is 1. The van der Waals surface area contributed by atoms with Gasteiger partial charge >= 0.3 is 0 Å². The number of aryl methyl sites for hydroxylation is 2. The van der Waals surface area contributed by atoms with Crippen LogP contribution in [0.25, 0.3) is 0 Å². The maximum atomic E-state index is 11.8. The highest BCUT2D eigenvalue weighted by atomic mass is 32.2. The number of amides is 1. The van der Waals surface area contributed by atoms with E-state index in [-0.39, 0.29) is 11.8 Å². The van der Waals surface area contributed by atoms with Crippen LogP contribution in [0.3, 0.4) is 0 Å². The first kappa shape index (κ1) is 13.5. The smallest absolute Gasteiger partial charge is 0.223 e. The molecule has 1 aromatic rings. The number of thioether (sulfide) groups is 1. The molecule has 18 heavy (non-hydrogen) atoms. The number of carbonyl (C=O) groups excluding carboxylic acids is 1. The Morgan fingerprint density at radius 1 is 1.61 bits per heavy atom. The monoisotopic (exact) mass is 267 g/mol. The first-order valence-electron chi connectivity index (χ1n) is 6.53. The molecule has 5 heteroatoms. The second-order valence-corrected chi connectivity index (χ2v) is 5.79. The summed E-state index contributed by atoms with van der Waals surface area (Å²) in [5.74, 6) is 1.05. The highest BCUT2D eigenvalue weighted by molar-refractivity contribution is 7.98. The van der Waals surface area contributed by atoms with Crippen LogP contribution in [-0.4, -0.2) is 27.7 Å². The van der Waals surface area contributed by atoms with E-state index in [1.54, 1.807) is 11.8 Å². The Bertz CT molecular complexity index is 393. The van der Waals surface area contributed by atoms with E-state index in [1.807, 2.05) is 13.2 Å². The molecule has 0 aliphatic carbocycles. The van der Waals surface area contributed by atoms with Gasteiger partial charge in [0, 0.05) is 23.9 Å². The summed E-state index contributed by atoms with van der Waals surface area (Å²) in [6.07, 6.45) is 5.60. The van der Waals surface area contributed by atoms with Crippen LogP contribution in [0, 0.1) is 5.92 Å². The normalized spacial score (nSPS) is 16.1. The van der Waals surface area contributed by atoms with Crippen molar-refractivity contribution in [1.29, 1.82) is 0 Å². The molecule has 1 aliphatic heterocycles. The molecule has 2 heterocycles. The van der Waals surface area contributed by atoms with E-state index in [4.69, 9.17) is 0 Å². The van der Waals surface area contributed by atoms with E-state index in [9.17, 15) is 4.79 Å². The third-order valence-electron chi connectivity index (χ3n) is 3.27. The molecule has 0 bridgehead atoms. The maximum absolute atomic E-state index is 11.8. The molecule has 1 atom stereocenters. The Kier molecular flexibility index (Phi) is 4.69. The summed E-state index contributed by atoms with van der Waals surface area (Å²) in [7, 11) is 0. The van der Waals surface area contributed by atoms with E-state index in [0.717, 1.165) is 24.4 Å². The number of fused-ring (bicyclic) bond motifs is 1. The Labute approximate surface area is 113 Å². The van der Waals surface area contributed by atoms with Crippen LogP contribution in [0.2, 0.25) is 0 Å². The minimum absolute atomic E-state index is 0.0669. The molecule has 0 aromatic carbocycles. The van der Waals surface area contributed by atoms with Gasteiger partial charge in [-0.05, 0) is 31.6 Å². The topological polar surface area (TPSA) is 46.9 Å². The average molecular weight is 267 g/mol. The number of rotatable bonds is 5. The Balaban J connectivity index is 1.86. The molecule has 1 aromatic heterocycles. The molecule has 2 rings (SSSR count). The van der Waals surface area contributed by atoms with Crippen molar-refractivity contribution in [1.82, 2.24) is 15.1 Å². The van der Waals surface area contributed by atoms with Gasteiger partial charge in [-0.3, -0.25) is 9.48 Å². The summed E-state index contributed by atoms with van der Waals surface area (Å²) in [4.78, 5) is 11.8. The van der Waals surface area contributed by atoms with Crippen LogP contribution in [0.4, 0.5) is 0 Å². The van der Waals surface area contributed by atoms with Gasteiger partial charge in [-0.15, -0.1) is 0 Å². The lowest BCUT2D eigenvalue weighted by Gasteiger charge is -2.11. The predicted molar refractivity (Wildman–Crippen MR) is 74.6 cm³/mol. The average Bonchev–Trinajstić information content (AvgIpc) is 2.78. The quantitative estimate of drug-likeness (QED) is 0.885. The van der Waals surface area contributed by atoms with Crippen LogP contribution in [0.5, 0.6) is 0 Å². The second-order valence-electron chi connectivity index (χ2n) is 4.88. The summed E-state index contributed by atoms with van der Waals surface area (Å²) >= 11 is 1.70. The van der Waals surface area contributed by atoms with Gasteiger partial charge in [0.15, 0.2) is 0 Å². The molecule has 0 fully saturated rings. The number of hydrogen-bond acceptors (Lipinski definition) is 3. The van der Waals surface area contributed by atoms with E-state index in [1.165, 1.54) is 18.5 Å². The third kappa shape index (κ3) is 3.28. The van der Waals surface area contributed by atoms with E-state index in [2.05, 4.69) is 21.2 Å². The van der Waals surface area contributed by atoms with Crippen LogP contribution in [0.1, 0.15) is 31.2 Å². The molecule has 0 saturated heterocycles.